The molecule has 1 aromatic heterocycles. The lowest BCUT2D eigenvalue weighted by atomic mass is 10.1. The average molecular weight is 452 g/mol. The van der Waals surface area contributed by atoms with Crippen molar-refractivity contribution in [3.8, 4) is 5.75 Å². The number of benzene rings is 2. The van der Waals surface area contributed by atoms with Crippen molar-refractivity contribution < 1.29 is 13.9 Å². The van der Waals surface area contributed by atoms with Crippen molar-refractivity contribution in [2.24, 2.45) is 0 Å². The molecule has 6 heteroatoms. The molecule has 0 unspecified atom stereocenters. The lowest BCUT2D eigenvalue weighted by molar-refractivity contribution is 0.104. The summed E-state index contributed by atoms with van der Waals surface area (Å²) in [6, 6.07) is 15.7. The second-order valence-corrected chi connectivity index (χ2v) is 7.13. The number of furan rings is 1. The molecule has 3 rings (SSSR count). The number of rotatable bonds is 6. The Morgan fingerprint density at radius 1 is 1.08 bits per heavy atom. The molecule has 0 saturated carbocycles. The van der Waals surface area contributed by atoms with Crippen LogP contribution in [-0.2, 0) is 6.61 Å². The largest absolute Gasteiger partial charge is 0.484 e. The van der Waals surface area contributed by atoms with Crippen molar-refractivity contribution in [3.63, 3.8) is 0 Å². The molecule has 132 valence electrons. The van der Waals surface area contributed by atoms with E-state index in [-0.39, 0.29) is 12.4 Å². The molecule has 0 aliphatic carbocycles. The van der Waals surface area contributed by atoms with Crippen molar-refractivity contribution in [2.75, 3.05) is 0 Å². The normalized spacial score (nSPS) is 11.0. The fourth-order valence-corrected chi connectivity index (χ4v) is 2.90. The number of carbonyl (C=O) groups excluding carboxylic acids is 1. The topological polar surface area (TPSA) is 39.4 Å². The fraction of sp³-hybridized carbons (Fsp3) is 0.0500. The van der Waals surface area contributed by atoms with Gasteiger partial charge in [0.15, 0.2) is 5.78 Å². The maximum atomic E-state index is 12.1. The van der Waals surface area contributed by atoms with Crippen LogP contribution >= 0.6 is 39.1 Å². The van der Waals surface area contributed by atoms with Crippen LogP contribution in [0.3, 0.4) is 0 Å². The molecule has 0 fully saturated rings. The van der Waals surface area contributed by atoms with Gasteiger partial charge in [-0.25, -0.2) is 0 Å². The molecule has 0 aliphatic rings. The van der Waals surface area contributed by atoms with E-state index in [1.807, 2.05) is 12.1 Å². The van der Waals surface area contributed by atoms with E-state index in [2.05, 4.69) is 15.9 Å². The van der Waals surface area contributed by atoms with Crippen LogP contribution in [0.4, 0.5) is 0 Å². The van der Waals surface area contributed by atoms with Crippen LogP contribution < -0.4 is 4.74 Å². The summed E-state index contributed by atoms with van der Waals surface area (Å²) >= 11 is 15.3. The molecule has 0 N–H and O–H groups in total. The SMILES string of the molecule is O=C(/C=C/c1ccc(COc2ccc(Cl)cc2Cl)o1)c1ccc(Br)cc1. The van der Waals surface area contributed by atoms with Gasteiger partial charge in [-0.2, -0.15) is 0 Å². The van der Waals surface area contributed by atoms with Crippen molar-refractivity contribution in [3.05, 3.63) is 92.3 Å². The summed E-state index contributed by atoms with van der Waals surface area (Å²) in [5, 5.41) is 0.979. The highest BCUT2D eigenvalue weighted by Gasteiger charge is 2.06. The second-order valence-electron chi connectivity index (χ2n) is 5.37. The second kappa shape index (κ2) is 8.58. The molecule has 0 radical (unpaired) electrons. The Hall–Kier alpha value is -2.01. The molecular formula is C20H13BrCl2O3. The molecule has 2 aromatic carbocycles. The summed E-state index contributed by atoms with van der Waals surface area (Å²) < 4.78 is 12.2. The van der Waals surface area contributed by atoms with E-state index in [9.17, 15) is 4.79 Å². The minimum atomic E-state index is -0.0975. The van der Waals surface area contributed by atoms with E-state index in [0.717, 1.165) is 4.47 Å². The smallest absolute Gasteiger partial charge is 0.185 e. The third-order valence-electron chi connectivity index (χ3n) is 3.47. The number of ketones is 1. The first kappa shape index (κ1) is 18.8. The first-order valence-corrected chi connectivity index (χ1v) is 9.21. The molecule has 0 bridgehead atoms. The van der Waals surface area contributed by atoms with E-state index in [1.54, 1.807) is 48.5 Å². The summed E-state index contributed by atoms with van der Waals surface area (Å²) in [6.07, 6.45) is 3.10. The van der Waals surface area contributed by atoms with E-state index in [4.69, 9.17) is 32.4 Å². The minimum absolute atomic E-state index is 0.0975. The van der Waals surface area contributed by atoms with Gasteiger partial charge < -0.3 is 9.15 Å². The molecular weight excluding hydrogens is 439 g/mol. The van der Waals surface area contributed by atoms with E-state index < -0.39 is 0 Å². The Kier molecular flexibility index (Phi) is 6.20. The van der Waals surface area contributed by atoms with Crippen molar-refractivity contribution in [1.29, 1.82) is 0 Å². The number of hydrogen-bond donors (Lipinski definition) is 0. The Labute approximate surface area is 169 Å². The molecule has 3 aromatic rings. The molecule has 0 aliphatic heterocycles. The monoisotopic (exact) mass is 450 g/mol. The highest BCUT2D eigenvalue weighted by Crippen LogP contribution is 2.28. The number of allylic oxidation sites excluding steroid dienone is 1. The fourth-order valence-electron chi connectivity index (χ4n) is 2.17. The summed E-state index contributed by atoms with van der Waals surface area (Å²) in [5.41, 5.74) is 0.608. The van der Waals surface area contributed by atoms with Crippen LogP contribution in [0.5, 0.6) is 5.75 Å². The van der Waals surface area contributed by atoms with Crippen molar-refractivity contribution in [1.82, 2.24) is 0 Å². The standard InChI is InChI=1S/C20H13BrCl2O3/c21-14-3-1-13(2-4-14)19(24)9-8-16-6-7-17(26-16)12-25-20-10-5-15(22)11-18(20)23/h1-11H,12H2/b9-8+. The minimum Gasteiger partial charge on any atom is -0.484 e. The highest BCUT2D eigenvalue weighted by atomic mass is 79.9. The van der Waals surface area contributed by atoms with Crippen LogP contribution in [0.15, 0.2) is 69.6 Å². The molecule has 0 atom stereocenters. The molecule has 3 nitrogen and oxygen atoms in total. The van der Waals surface area contributed by atoms with E-state index in [1.165, 1.54) is 6.08 Å². The molecule has 0 amide bonds. The Morgan fingerprint density at radius 2 is 1.85 bits per heavy atom. The van der Waals surface area contributed by atoms with Gasteiger partial charge in [-0.05, 0) is 66.7 Å². The maximum Gasteiger partial charge on any atom is 0.185 e. The average Bonchev–Trinajstić information content (AvgIpc) is 3.07. The lowest BCUT2D eigenvalue weighted by Crippen LogP contribution is -1.94. The van der Waals surface area contributed by atoms with E-state index in [0.29, 0.717) is 32.9 Å². The van der Waals surface area contributed by atoms with Gasteiger partial charge in [0.1, 0.15) is 23.9 Å². The zero-order valence-electron chi connectivity index (χ0n) is 13.4. The van der Waals surface area contributed by atoms with Gasteiger partial charge in [-0.15, -0.1) is 0 Å². The maximum absolute atomic E-state index is 12.1. The number of halogens is 3. The third-order valence-corrected chi connectivity index (χ3v) is 4.53. The zero-order valence-corrected chi connectivity index (χ0v) is 16.5. The summed E-state index contributed by atoms with van der Waals surface area (Å²) in [7, 11) is 0. The molecule has 0 spiro atoms. The van der Waals surface area contributed by atoms with Gasteiger partial charge in [0.05, 0.1) is 5.02 Å². The summed E-state index contributed by atoms with van der Waals surface area (Å²) in [5.74, 6) is 1.61. The van der Waals surface area contributed by atoms with Gasteiger partial charge in [0.25, 0.3) is 0 Å². The van der Waals surface area contributed by atoms with Crippen LogP contribution in [0.25, 0.3) is 6.08 Å². The van der Waals surface area contributed by atoms with Gasteiger partial charge in [0, 0.05) is 15.1 Å². The quantitative estimate of drug-likeness (QED) is 0.304. The van der Waals surface area contributed by atoms with Crippen LogP contribution in [0.1, 0.15) is 21.9 Å². The molecule has 0 saturated heterocycles. The predicted octanol–water partition coefficient (Wildman–Crippen LogP) is 6.82. The first-order chi connectivity index (χ1) is 12.5. The Morgan fingerprint density at radius 3 is 2.58 bits per heavy atom. The predicted molar refractivity (Wildman–Crippen MR) is 107 cm³/mol. The molecule has 1 heterocycles. The van der Waals surface area contributed by atoms with Gasteiger partial charge >= 0.3 is 0 Å². The summed E-state index contributed by atoms with van der Waals surface area (Å²) in [4.78, 5) is 12.1. The van der Waals surface area contributed by atoms with Crippen molar-refractivity contribution in [2.45, 2.75) is 6.61 Å². The third kappa shape index (κ3) is 5.01. The highest BCUT2D eigenvalue weighted by molar-refractivity contribution is 9.10. The number of ether oxygens (including phenoxy) is 1. The number of hydrogen-bond acceptors (Lipinski definition) is 3. The summed E-state index contributed by atoms with van der Waals surface area (Å²) in [6.45, 7) is 0.218. The van der Waals surface area contributed by atoms with Crippen molar-refractivity contribution >= 4 is 51.0 Å². The Bertz CT molecular complexity index is 946. The molecule has 26 heavy (non-hydrogen) atoms. The lowest BCUT2D eigenvalue weighted by Gasteiger charge is -2.06. The van der Waals surface area contributed by atoms with Gasteiger partial charge in [0.2, 0.25) is 0 Å². The van der Waals surface area contributed by atoms with Crippen LogP contribution in [0, 0.1) is 0 Å². The zero-order chi connectivity index (χ0) is 18.5. The number of carbonyl (C=O) groups is 1. The first-order valence-electron chi connectivity index (χ1n) is 7.66. The van der Waals surface area contributed by atoms with Gasteiger partial charge in [-0.3, -0.25) is 4.79 Å². The Balaban J connectivity index is 1.60. The van der Waals surface area contributed by atoms with Crippen LogP contribution in [-0.4, -0.2) is 5.78 Å². The van der Waals surface area contributed by atoms with Gasteiger partial charge in [-0.1, -0.05) is 39.1 Å². The van der Waals surface area contributed by atoms with Crippen LogP contribution in [0.2, 0.25) is 10.0 Å². The van der Waals surface area contributed by atoms with E-state index >= 15 is 0 Å².